The molecule has 0 spiro atoms. The Kier molecular flexibility index (Phi) is 4.30. The fourth-order valence-electron chi connectivity index (χ4n) is 1.07. The third kappa shape index (κ3) is 3.86. The van der Waals surface area contributed by atoms with Crippen molar-refractivity contribution in [1.82, 2.24) is 4.98 Å². The van der Waals surface area contributed by atoms with E-state index in [1.807, 2.05) is 0 Å². The van der Waals surface area contributed by atoms with Gasteiger partial charge in [-0.3, -0.25) is 0 Å². The molecule has 0 aliphatic carbocycles. The molecule has 0 radical (unpaired) electrons. The van der Waals surface area contributed by atoms with E-state index in [2.05, 4.69) is 9.72 Å². The normalized spacial score (nSPS) is 12.7. The fraction of sp³-hybridized carbons (Fsp3) is 0.375. The second kappa shape index (κ2) is 5.07. The van der Waals surface area contributed by atoms with Gasteiger partial charge < -0.3 is 10.5 Å². The Morgan fingerprint density at radius 1 is 1.22 bits per heavy atom. The van der Waals surface area contributed by atoms with E-state index in [-0.39, 0.29) is 0 Å². The fourth-order valence-corrected chi connectivity index (χ4v) is 1.78. The molecule has 18 heavy (non-hydrogen) atoms. The first-order chi connectivity index (χ1) is 8.04. The molecule has 0 bridgehead atoms. The lowest BCUT2D eigenvalue weighted by Gasteiger charge is -2.15. The van der Waals surface area contributed by atoms with Crippen LogP contribution in [0.15, 0.2) is 6.07 Å². The number of ether oxygens (including phenoxy) is 1. The molecule has 102 valence electrons. The molecule has 0 aromatic carbocycles. The number of hydrogen-bond acceptors (Lipinski definition) is 3. The van der Waals surface area contributed by atoms with E-state index in [1.165, 1.54) is 22.6 Å². The zero-order valence-corrected chi connectivity index (χ0v) is 10.5. The summed E-state index contributed by atoms with van der Waals surface area (Å²) in [4.78, 5) is 3.06. The predicted octanol–water partition coefficient (Wildman–Crippen LogP) is 3.06. The van der Waals surface area contributed by atoms with Gasteiger partial charge in [0.25, 0.3) is 0 Å². The number of rotatable bonds is 2. The van der Waals surface area contributed by atoms with Crippen LogP contribution in [0, 0.1) is 3.57 Å². The van der Waals surface area contributed by atoms with Crippen molar-refractivity contribution in [2.45, 2.75) is 19.1 Å². The van der Waals surface area contributed by atoms with E-state index >= 15 is 0 Å². The third-order valence-electron chi connectivity index (χ3n) is 1.70. The zero-order chi connectivity index (χ0) is 14.1. The summed E-state index contributed by atoms with van der Waals surface area (Å²) in [5.74, 6) is -0.831. The summed E-state index contributed by atoms with van der Waals surface area (Å²) in [7, 11) is 0. The number of nitrogens with zero attached hydrogens (tertiary/aromatic N) is 1. The minimum Gasteiger partial charge on any atom is -0.404 e. The first-order valence-electron chi connectivity index (χ1n) is 4.27. The Hall–Kier alpha value is -0.780. The van der Waals surface area contributed by atoms with E-state index in [9.17, 15) is 26.3 Å². The van der Waals surface area contributed by atoms with Crippen LogP contribution in [0.4, 0.5) is 26.3 Å². The summed E-state index contributed by atoms with van der Waals surface area (Å²) in [6.45, 7) is -0.606. The van der Waals surface area contributed by atoms with Crippen molar-refractivity contribution in [3.63, 3.8) is 0 Å². The highest BCUT2D eigenvalue weighted by molar-refractivity contribution is 14.1. The van der Waals surface area contributed by atoms with Crippen LogP contribution in [-0.2, 0) is 12.7 Å². The molecule has 1 aromatic rings. The van der Waals surface area contributed by atoms with Gasteiger partial charge in [-0.15, -0.1) is 13.2 Å². The van der Waals surface area contributed by atoms with Crippen LogP contribution >= 0.6 is 22.6 Å². The van der Waals surface area contributed by atoms with Gasteiger partial charge in [0.05, 0.1) is 5.69 Å². The molecule has 0 aliphatic heterocycles. The van der Waals surface area contributed by atoms with Crippen molar-refractivity contribution in [3.05, 3.63) is 21.0 Å². The second-order valence-corrected chi connectivity index (χ2v) is 4.18. The molecular weight excluding hydrogens is 381 g/mol. The van der Waals surface area contributed by atoms with Gasteiger partial charge >= 0.3 is 12.5 Å². The van der Waals surface area contributed by atoms with Crippen molar-refractivity contribution < 1.29 is 31.1 Å². The van der Waals surface area contributed by atoms with E-state index in [4.69, 9.17) is 5.73 Å². The van der Waals surface area contributed by atoms with E-state index in [1.54, 1.807) is 0 Å². The summed E-state index contributed by atoms with van der Waals surface area (Å²) >= 11 is 1.23. The van der Waals surface area contributed by atoms with E-state index in [0.717, 1.165) is 0 Å². The van der Waals surface area contributed by atoms with Gasteiger partial charge in [-0.1, -0.05) is 0 Å². The minimum atomic E-state index is -5.02. The van der Waals surface area contributed by atoms with Gasteiger partial charge in [0.1, 0.15) is 0 Å². The SMILES string of the molecule is NCc1nc(C(F)(F)F)c(I)cc1OC(F)(F)F. The lowest BCUT2D eigenvalue weighted by atomic mass is 10.2. The average molecular weight is 386 g/mol. The lowest BCUT2D eigenvalue weighted by Crippen LogP contribution is -2.21. The minimum absolute atomic E-state index is 0.503. The van der Waals surface area contributed by atoms with Gasteiger partial charge in [0, 0.05) is 10.1 Å². The molecule has 0 saturated heterocycles. The van der Waals surface area contributed by atoms with Gasteiger partial charge in [-0.25, -0.2) is 4.98 Å². The summed E-state index contributed by atoms with van der Waals surface area (Å²) in [5, 5.41) is 0. The first-order valence-corrected chi connectivity index (χ1v) is 5.35. The van der Waals surface area contributed by atoms with Crippen molar-refractivity contribution in [1.29, 1.82) is 0 Å². The molecule has 1 aromatic heterocycles. The molecule has 0 unspecified atom stereocenters. The smallest absolute Gasteiger partial charge is 0.404 e. The molecule has 10 heteroatoms. The maximum Gasteiger partial charge on any atom is 0.573 e. The monoisotopic (exact) mass is 386 g/mol. The number of alkyl halides is 6. The maximum absolute atomic E-state index is 12.5. The summed E-state index contributed by atoms with van der Waals surface area (Å²) in [6, 6.07) is 0.603. The van der Waals surface area contributed by atoms with Crippen LogP contribution < -0.4 is 10.5 Å². The molecule has 2 N–H and O–H groups in total. The molecule has 0 amide bonds. The highest BCUT2D eigenvalue weighted by Gasteiger charge is 2.38. The van der Waals surface area contributed by atoms with Crippen LogP contribution in [0.25, 0.3) is 0 Å². The highest BCUT2D eigenvalue weighted by Crippen LogP contribution is 2.35. The van der Waals surface area contributed by atoms with Crippen LogP contribution in [0.1, 0.15) is 11.4 Å². The Balaban J connectivity index is 3.28. The molecule has 3 nitrogen and oxygen atoms in total. The van der Waals surface area contributed by atoms with Gasteiger partial charge in [-0.2, -0.15) is 13.2 Å². The zero-order valence-electron chi connectivity index (χ0n) is 8.36. The average Bonchev–Trinajstić information content (AvgIpc) is 2.13. The van der Waals surface area contributed by atoms with Gasteiger partial charge in [0.15, 0.2) is 11.4 Å². The summed E-state index contributed by atoms with van der Waals surface area (Å²) in [5.41, 5.74) is 3.15. The van der Waals surface area contributed by atoms with E-state index < -0.39 is 39.8 Å². The molecule has 1 heterocycles. The van der Waals surface area contributed by atoms with Crippen molar-refractivity contribution in [2.24, 2.45) is 5.73 Å². The lowest BCUT2D eigenvalue weighted by molar-refractivity contribution is -0.275. The van der Waals surface area contributed by atoms with Crippen LogP contribution in [-0.4, -0.2) is 11.3 Å². The van der Waals surface area contributed by atoms with E-state index in [0.29, 0.717) is 6.07 Å². The number of aromatic nitrogens is 1. The number of hydrogen-bond donors (Lipinski definition) is 1. The molecule has 0 atom stereocenters. The quantitative estimate of drug-likeness (QED) is 0.628. The van der Waals surface area contributed by atoms with Crippen LogP contribution in [0.5, 0.6) is 5.75 Å². The van der Waals surface area contributed by atoms with Gasteiger partial charge in [0.2, 0.25) is 0 Å². The predicted molar refractivity (Wildman–Crippen MR) is 56.5 cm³/mol. The Morgan fingerprint density at radius 3 is 2.17 bits per heavy atom. The Bertz CT molecular complexity index is 444. The van der Waals surface area contributed by atoms with Crippen molar-refractivity contribution in [3.8, 4) is 5.75 Å². The topological polar surface area (TPSA) is 48.1 Å². The molecule has 1 rings (SSSR count). The van der Waals surface area contributed by atoms with Crippen LogP contribution in [0.3, 0.4) is 0 Å². The standard InChI is InChI=1S/C8H5F6IN2O/c9-7(10,11)6-3(15)1-5(4(2-16)17-6)18-8(12,13)14/h1H,2,16H2. The highest BCUT2D eigenvalue weighted by atomic mass is 127. The Morgan fingerprint density at radius 2 is 1.78 bits per heavy atom. The molecule has 0 aliphatic rings. The Labute approximate surface area is 110 Å². The van der Waals surface area contributed by atoms with Crippen molar-refractivity contribution >= 4 is 22.6 Å². The maximum atomic E-state index is 12.5. The third-order valence-corrected chi connectivity index (χ3v) is 2.53. The first kappa shape index (κ1) is 15.3. The molecule has 0 fully saturated rings. The number of halogens is 7. The second-order valence-electron chi connectivity index (χ2n) is 3.01. The number of pyridine rings is 1. The molecular formula is C8H5F6IN2O. The number of nitrogens with two attached hydrogens (primary N) is 1. The van der Waals surface area contributed by atoms with Crippen LogP contribution in [0.2, 0.25) is 0 Å². The van der Waals surface area contributed by atoms with Gasteiger partial charge in [-0.05, 0) is 28.7 Å². The summed E-state index contributed by atoms with van der Waals surface area (Å²) < 4.78 is 76.5. The summed E-state index contributed by atoms with van der Waals surface area (Å²) in [6.07, 6.45) is -9.79. The van der Waals surface area contributed by atoms with Crippen molar-refractivity contribution in [2.75, 3.05) is 0 Å². The molecule has 0 saturated carbocycles. The largest absolute Gasteiger partial charge is 0.573 e.